The van der Waals surface area contributed by atoms with E-state index in [0.29, 0.717) is 5.82 Å². The molecule has 0 spiro atoms. The highest BCUT2D eigenvalue weighted by molar-refractivity contribution is 5.91. The fourth-order valence-corrected chi connectivity index (χ4v) is 2.33. The molecule has 0 radical (unpaired) electrons. The molecular weight excluding hydrogens is 278 g/mol. The Morgan fingerprint density at radius 1 is 1.32 bits per heavy atom. The minimum absolute atomic E-state index is 0.00168. The number of anilines is 1. The fraction of sp³-hybridized carbons (Fsp3) is 0.467. The Kier molecular flexibility index (Phi) is 5.46. The Balaban J connectivity index is 1.92. The van der Waals surface area contributed by atoms with Crippen LogP contribution in [0.25, 0.3) is 0 Å². The number of imidazole rings is 1. The van der Waals surface area contributed by atoms with E-state index < -0.39 is 0 Å². The molecule has 2 rings (SSSR count). The number of guanidine groups is 1. The van der Waals surface area contributed by atoms with Gasteiger partial charge in [0, 0.05) is 24.9 Å². The van der Waals surface area contributed by atoms with E-state index in [1.165, 1.54) is 0 Å². The average Bonchev–Trinajstić information content (AvgIpc) is 2.96. The van der Waals surface area contributed by atoms with Gasteiger partial charge in [-0.1, -0.05) is 0 Å². The van der Waals surface area contributed by atoms with Crippen LogP contribution in [0.2, 0.25) is 0 Å². The number of aromatic nitrogens is 4. The van der Waals surface area contributed by atoms with Gasteiger partial charge in [-0.25, -0.2) is 15.0 Å². The van der Waals surface area contributed by atoms with Gasteiger partial charge in [-0.3, -0.25) is 10.3 Å². The van der Waals surface area contributed by atoms with Crippen LogP contribution in [0.15, 0.2) is 24.8 Å². The third kappa shape index (κ3) is 4.28. The normalized spacial score (nSPS) is 10.9. The minimum atomic E-state index is -0.00168. The van der Waals surface area contributed by atoms with E-state index in [9.17, 15) is 0 Å². The summed E-state index contributed by atoms with van der Waals surface area (Å²) in [4.78, 5) is 17.7. The molecule has 0 aromatic carbocycles. The first-order valence-electron chi connectivity index (χ1n) is 7.50. The molecule has 2 aromatic rings. The van der Waals surface area contributed by atoms with Crippen LogP contribution in [0, 0.1) is 5.41 Å². The summed E-state index contributed by atoms with van der Waals surface area (Å²) in [6.45, 7) is 3.96. The zero-order valence-corrected chi connectivity index (χ0v) is 13.1. The van der Waals surface area contributed by atoms with E-state index in [2.05, 4.69) is 19.9 Å². The first-order chi connectivity index (χ1) is 10.6. The Labute approximate surface area is 130 Å². The van der Waals surface area contributed by atoms with Crippen LogP contribution in [0.3, 0.4) is 0 Å². The number of nitrogens with two attached hydrogens (primary N) is 1. The maximum atomic E-state index is 7.67. The lowest BCUT2D eigenvalue weighted by molar-refractivity contribution is 0.696. The van der Waals surface area contributed by atoms with Crippen LogP contribution in [0.5, 0.6) is 0 Å². The Hall–Kier alpha value is -2.44. The largest absolute Gasteiger partial charge is 0.370 e. The first kappa shape index (κ1) is 15.9. The van der Waals surface area contributed by atoms with Gasteiger partial charge in [-0.05, 0) is 39.2 Å². The predicted molar refractivity (Wildman–Crippen MR) is 86.8 cm³/mol. The molecule has 2 aromatic heterocycles. The van der Waals surface area contributed by atoms with E-state index in [1.54, 1.807) is 23.5 Å². The molecule has 0 amide bonds. The molecule has 0 saturated carbocycles. The Morgan fingerprint density at radius 2 is 2.09 bits per heavy atom. The zero-order chi connectivity index (χ0) is 15.9. The van der Waals surface area contributed by atoms with Gasteiger partial charge in [-0.15, -0.1) is 0 Å². The lowest BCUT2D eigenvalue weighted by Gasteiger charge is -2.25. The Bertz CT molecular complexity index is 592. The summed E-state index contributed by atoms with van der Waals surface area (Å²) in [5.41, 5.74) is 6.72. The van der Waals surface area contributed by atoms with Crippen molar-refractivity contribution in [2.24, 2.45) is 5.73 Å². The van der Waals surface area contributed by atoms with Gasteiger partial charge in [0.15, 0.2) is 5.96 Å². The molecule has 4 N–H and O–H groups in total. The monoisotopic (exact) mass is 301 g/mol. The van der Waals surface area contributed by atoms with E-state index in [-0.39, 0.29) is 12.0 Å². The number of hydrogen-bond donors (Lipinski definition) is 3. The number of aryl methyl sites for hydroxylation is 2. The molecule has 0 bridgehead atoms. The van der Waals surface area contributed by atoms with Gasteiger partial charge in [-0.2, -0.15) is 0 Å². The number of rotatable bonds is 7. The van der Waals surface area contributed by atoms with Crippen LogP contribution < -0.4 is 10.6 Å². The summed E-state index contributed by atoms with van der Waals surface area (Å²) in [5.74, 6) is 1.46. The maximum Gasteiger partial charge on any atom is 0.194 e. The number of nitrogens with zero attached hydrogens (tertiary/aromatic N) is 4. The number of aromatic amines is 1. The van der Waals surface area contributed by atoms with Gasteiger partial charge in [0.2, 0.25) is 0 Å². The highest BCUT2D eigenvalue weighted by Crippen LogP contribution is 2.14. The van der Waals surface area contributed by atoms with E-state index in [0.717, 1.165) is 37.2 Å². The quantitative estimate of drug-likeness (QED) is 0.411. The third-order valence-electron chi connectivity index (χ3n) is 3.35. The summed E-state index contributed by atoms with van der Waals surface area (Å²) < 4.78 is 0. The second kappa shape index (κ2) is 7.53. The first-order valence-corrected chi connectivity index (χ1v) is 7.50. The molecule has 7 nitrogen and oxygen atoms in total. The van der Waals surface area contributed by atoms with Crippen LogP contribution in [-0.4, -0.2) is 31.9 Å². The van der Waals surface area contributed by atoms with E-state index in [4.69, 9.17) is 11.1 Å². The summed E-state index contributed by atoms with van der Waals surface area (Å²) in [5, 5.41) is 7.67. The highest BCUT2D eigenvalue weighted by Gasteiger charge is 2.15. The maximum absolute atomic E-state index is 7.67. The van der Waals surface area contributed by atoms with Crippen LogP contribution in [-0.2, 0) is 12.8 Å². The van der Waals surface area contributed by atoms with Crippen molar-refractivity contribution in [3.8, 4) is 0 Å². The SMILES string of the molecule is CC(C)N(C(=N)N)c1ccnc(CCCCc2c[nH]cn2)n1. The minimum Gasteiger partial charge on any atom is -0.370 e. The van der Waals surface area contributed by atoms with Crippen LogP contribution in [0.4, 0.5) is 5.82 Å². The lowest BCUT2D eigenvalue weighted by Crippen LogP contribution is -2.42. The van der Waals surface area contributed by atoms with Gasteiger partial charge in [0.05, 0.1) is 12.0 Å². The van der Waals surface area contributed by atoms with Gasteiger partial charge in [0.25, 0.3) is 0 Å². The van der Waals surface area contributed by atoms with E-state index in [1.807, 2.05) is 20.0 Å². The van der Waals surface area contributed by atoms with E-state index >= 15 is 0 Å². The molecule has 2 heterocycles. The summed E-state index contributed by atoms with van der Waals surface area (Å²) in [6, 6.07) is 1.87. The third-order valence-corrected chi connectivity index (χ3v) is 3.35. The summed E-state index contributed by atoms with van der Waals surface area (Å²) in [6.07, 6.45) is 9.15. The molecule has 0 atom stereocenters. The second-order valence-electron chi connectivity index (χ2n) is 5.45. The van der Waals surface area contributed by atoms with Gasteiger partial charge in [0.1, 0.15) is 11.6 Å². The van der Waals surface area contributed by atoms with Crippen molar-refractivity contribution in [1.29, 1.82) is 5.41 Å². The number of nitrogens with one attached hydrogen (secondary N) is 2. The molecule has 0 aliphatic rings. The summed E-state index contributed by atoms with van der Waals surface area (Å²) >= 11 is 0. The molecule has 0 saturated heterocycles. The molecule has 0 fully saturated rings. The fourth-order valence-electron chi connectivity index (χ4n) is 2.33. The molecule has 118 valence electrons. The Morgan fingerprint density at radius 3 is 2.73 bits per heavy atom. The van der Waals surface area contributed by atoms with Gasteiger partial charge >= 0.3 is 0 Å². The van der Waals surface area contributed by atoms with Crippen molar-refractivity contribution < 1.29 is 0 Å². The molecule has 0 aliphatic carbocycles. The topological polar surface area (TPSA) is 108 Å². The highest BCUT2D eigenvalue weighted by atomic mass is 15.3. The molecule has 0 unspecified atom stereocenters. The van der Waals surface area contributed by atoms with Crippen LogP contribution >= 0.6 is 0 Å². The standard InChI is InChI=1S/C15H23N7/c1-11(2)22(15(16)17)14-7-8-19-13(21-14)6-4-3-5-12-9-18-10-20-12/h7-11H,3-6H2,1-2H3,(H3,16,17)(H,18,20). The average molecular weight is 301 g/mol. The van der Waals surface area contributed by atoms with Gasteiger partial charge < -0.3 is 10.7 Å². The van der Waals surface area contributed by atoms with Crippen molar-refractivity contribution in [2.45, 2.75) is 45.6 Å². The molecule has 22 heavy (non-hydrogen) atoms. The number of hydrogen-bond acceptors (Lipinski definition) is 4. The molecule has 0 aliphatic heterocycles. The van der Waals surface area contributed by atoms with Crippen molar-refractivity contribution in [1.82, 2.24) is 19.9 Å². The number of unbranched alkanes of at least 4 members (excludes halogenated alkanes) is 1. The zero-order valence-electron chi connectivity index (χ0n) is 13.1. The van der Waals surface area contributed by atoms with Crippen molar-refractivity contribution in [2.75, 3.05) is 4.90 Å². The van der Waals surface area contributed by atoms with Crippen LogP contribution in [0.1, 0.15) is 38.2 Å². The lowest BCUT2D eigenvalue weighted by atomic mass is 10.1. The van der Waals surface area contributed by atoms with Crippen molar-refractivity contribution >= 4 is 11.8 Å². The predicted octanol–water partition coefficient (Wildman–Crippen LogP) is 1.87. The van der Waals surface area contributed by atoms with Crippen molar-refractivity contribution in [3.05, 3.63) is 36.3 Å². The number of H-pyrrole nitrogens is 1. The summed E-state index contributed by atoms with van der Waals surface area (Å²) in [7, 11) is 0. The molecule has 7 heteroatoms. The molecular formula is C15H23N7. The smallest absolute Gasteiger partial charge is 0.194 e. The van der Waals surface area contributed by atoms with Crippen molar-refractivity contribution in [3.63, 3.8) is 0 Å². The second-order valence-corrected chi connectivity index (χ2v) is 5.45.